The van der Waals surface area contributed by atoms with Crippen molar-refractivity contribution in [1.29, 1.82) is 0 Å². The molecule has 1 aromatic carbocycles. The maximum atomic E-state index is 13.3. The van der Waals surface area contributed by atoms with E-state index in [4.69, 9.17) is 18.9 Å². The highest BCUT2D eigenvalue weighted by molar-refractivity contribution is 5.90. The Hall–Kier alpha value is -2.71. The number of hydrogen-bond acceptors (Lipinski definition) is 8. The lowest BCUT2D eigenvalue weighted by atomic mass is 9.54. The van der Waals surface area contributed by atoms with Crippen molar-refractivity contribution in [1.82, 2.24) is 0 Å². The minimum Gasteiger partial charge on any atom is -0.458 e. The highest BCUT2D eigenvalue weighted by Gasteiger charge is 2.82. The van der Waals surface area contributed by atoms with Crippen molar-refractivity contribution in [2.45, 2.75) is 76.2 Å². The largest absolute Gasteiger partial charge is 0.458 e. The zero-order chi connectivity index (χ0) is 23.5. The lowest BCUT2D eigenvalue weighted by molar-refractivity contribution is -0.295. The summed E-state index contributed by atoms with van der Waals surface area (Å²) >= 11 is 0. The molecule has 1 saturated heterocycles. The third kappa shape index (κ3) is 3.08. The number of carbonyl (C=O) groups excluding carboxylic acids is 3. The van der Waals surface area contributed by atoms with Crippen LogP contribution in [0.1, 0.15) is 51.4 Å². The Labute approximate surface area is 186 Å². The minimum atomic E-state index is -1.87. The van der Waals surface area contributed by atoms with E-state index in [1.54, 1.807) is 63.3 Å². The molecule has 1 aliphatic carbocycles. The molecule has 0 amide bonds. The summed E-state index contributed by atoms with van der Waals surface area (Å²) in [6.45, 7) is 7.90. The molecule has 8 heteroatoms. The van der Waals surface area contributed by atoms with Gasteiger partial charge in [-0.25, -0.2) is 9.59 Å². The number of esters is 3. The molecule has 172 valence electrons. The molecule has 32 heavy (non-hydrogen) atoms. The van der Waals surface area contributed by atoms with E-state index in [1.165, 1.54) is 13.8 Å². The number of carbonyl (C=O) groups is 3. The second kappa shape index (κ2) is 7.15. The summed E-state index contributed by atoms with van der Waals surface area (Å²) < 4.78 is 23.5. The van der Waals surface area contributed by atoms with Crippen LogP contribution in [0.2, 0.25) is 0 Å². The lowest BCUT2D eigenvalue weighted by Crippen LogP contribution is -2.76. The van der Waals surface area contributed by atoms with Crippen molar-refractivity contribution in [3.8, 4) is 0 Å². The molecule has 1 aromatic rings. The molecule has 8 nitrogen and oxygen atoms in total. The molecule has 1 saturated carbocycles. The van der Waals surface area contributed by atoms with Gasteiger partial charge in [-0.1, -0.05) is 24.3 Å². The Morgan fingerprint density at radius 3 is 2.38 bits per heavy atom. The highest BCUT2D eigenvalue weighted by Crippen LogP contribution is 2.62. The Kier molecular flexibility index (Phi) is 5.02. The van der Waals surface area contributed by atoms with Crippen molar-refractivity contribution in [2.24, 2.45) is 5.41 Å². The predicted molar refractivity (Wildman–Crippen MR) is 111 cm³/mol. The number of aliphatic hydroxyl groups is 1. The summed E-state index contributed by atoms with van der Waals surface area (Å²) in [4.78, 5) is 38.3. The van der Waals surface area contributed by atoms with Gasteiger partial charge in [-0.2, -0.15) is 0 Å². The first-order chi connectivity index (χ1) is 14.8. The van der Waals surface area contributed by atoms with E-state index in [0.29, 0.717) is 5.56 Å². The number of hydrogen-bond donors (Lipinski definition) is 1. The molecule has 2 heterocycles. The lowest BCUT2D eigenvalue weighted by Gasteiger charge is -2.57. The number of benzene rings is 1. The molecule has 2 bridgehead atoms. The normalized spacial score (nSPS) is 39.4. The molecule has 2 aliphatic heterocycles. The van der Waals surface area contributed by atoms with Crippen LogP contribution in [0.3, 0.4) is 0 Å². The summed E-state index contributed by atoms with van der Waals surface area (Å²) in [7, 11) is 0. The fourth-order valence-corrected chi connectivity index (χ4v) is 5.45. The van der Waals surface area contributed by atoms with E-state index >= 15 is 0 Å². The number of rotatable bonds is 3. The molecule has 6 atom stereocenters. The second-order valence-electron chi connectivity index (χ2n) is 9.67. The van der Waals surface area contributed by atoms with Crippen LogP contribution in [0.15, 0.2) is 42.5 Å². The van der Waals surface area contributed by atoms with Crippen molar-refractivity contribution < 1.29 is 38.4 Å². The highest BCUT2D eigenvalue weighted by atomic mass is 16.6. The van der Waals surface area contributed by atoms with Gasteiger partial charge in [-0.05, 0) is 45.9 Å². The molecule has 0 aromatic heterocycles. The van der Waals surface area contributed by atoms with Crippen LogP contribution in [0.4, 0.5) is 0 Å². The van der Waals surface area contributed by atoms with E-state index in [9.17, 15) is 19.5 Å². The average molecular weight is 444 g/mol. The first kappa shape index (κ1) is 22.5. The van der Waals surface area contributed by atoms with Crippen molar-refractivity contribution >= 4 is 17.9 Å². The molecule has 0 spiro atoms. The van der Waals surface area contributed by atoms with E-state index in [-0.39, 0.29) is 6.42 Å². The maximum Gasteiger partial charge on any atom is 0.343 e. The fourth-order valence-electron chi connectivity index (χ4n) is 5.45. The monoisotopic (exact) mass is 444 g/mol. The first-order valence-electron chi connectivity index (χ1n) is 10.6. The SMILES string of the molecule is CC(=O)OC1CC(C)(O)C23OC(C)(C)C=CC(OC2=O)C3(C)C1OC(=O)c1ccccc1. The standard InChI is InChI=1S/C24H28O8/c1-14(25)29-16-13-22(4,28)24-20(27)30-17(11-12-21(2,3)32-24)23(24,5)18(16)31-19(26)15-9-7-6-8-10-15/h6-12,16-18,28H,13H2,1-5H3. The zero-order valence-corrected chi connectivity index (χ0v) is 18.8. The van der Waals surface area contributed by atoms with Crippen LogP contribution in [0, 0.1) is 5.41 Å². The third-order valence-electron chi connectivity index (χ3n) is 6.81. The van der Waals surface area contributed by atoms with Gasteiger partial charge >= 0.3 is 17.9 Å². The Morgan fingerprint density at radius 1 is 1.09 bits per heavy atom. The van der Waals surface area contributed by atoms with Crippen LogP contribution in [0.5, 0.6) is 0 Å². The maximum absolute atomic E-state index is 13.3. The van der Waals surface area contributed by atoms with E-state index in [2.05, 4.69) is 0 Å². The van der Waals surface area contributed by atoms with Crippen LogP contribution < -0.4 is 0 Å². The summed E-state index contributed by atoms with van der Waals surface area (Å²) in [6.07, 6.45) is 0.213. The van der Waals surface area contributed by atoms with Gasteiger partial charge in [0.15, 0.2) is 6.10 Å². The van der Waals surface area contributed by atoms with Gasteiger partial charge in [0.2, 0.25) is 5.60 Å². The Morgan fingerprint density at radius 2 is 1.75 bits per heavy atom. The van der Waals surface area contributed by atoms with Crippen molar-refractivity contribution in [3.05, 3.63) is 48.0 Å². The quantitative estimate of drug-likeness (QED) is 0.430. The van der Waals surface area contributed by atoms with Crippen LogP contribution >= 0.6 is 0 Å². The van der Waals surface area contributed by atoms with E-state index in [0.717, 1.165) is 0 Å². The van der Waals surface area contributed by atoms with Gasteiger partial charge in [0.25, 0.3) is 0 Å². The predicted octanol–water partition coefficient (Wildman–Crippen LogP) is 2.33. The van der Waals surface area contributed by atoms with Crippen LogP contribution in [-0.4, -0.2) is 58.1 Å². The molecule has 2 fully saturated rings. The van der Waals surface area contributed by atoms with Gasteiger partial charge in [-0.3, -0.25) is 4.79 Å². The first-order valence-corrected chi connectivity index (χ1v) is 10.6. The summed E-state index contributed by atoms with van der Waals surface area (Å²) in [5, 5.41) is 11.6. The van der Waals surface area contributed by atoms with Gasteiger partial charge in [0.05, 0.1) is 16.6 Å². The fraction of sp³-hybridized carbons (Fsp3) is 0.542. The van der Waals surface area contributed by atoms with Crippen molar-refractivity contribution in [2.75, 3.05) is 0 Å². The minimum absolute atomic E-state index is 0.188. The summed E-state index contributed by atoms with van der Waals surface area (Å²) in [6, 6.07) is 8.37. The molecular weight excluding hydrogens is 416 g/mol. The Balaban J connectivity index is 1.88. The zero-order valence-electron chi connectivity index (χ0n) is 18.8. The Bertz CT molecular complexity index is 981. The molecule has 3 aliphatic rings. The number of ether oxygens (including phenoxy) is 4. The van der Waals surface area contributed by atoms with Gasteiger partial charge in [-0.15, -0.1) is 0 Å². The van der Waals surface area contributed by atoms with Gasteiger partial charge in [0.1, 0.15) is 17.8 Å². The van der Waals surface area contributed by atoms with Crippen LogP contribution in [-0.2, 0) is 28.5 Å². The van der Waals surface area contributed by atoms with Gasteiger partial charge in [0, 0.05) is 13.3 Å². The molecule has 1 N–H and O–H groups in total. The topological polar surface area (TPSA) is 108 Å². The third-order valence-corrected chi connectivity index (χ3v) is 6.81. The molecule has 0 radical (unpaired) electrons. The van der Waals surface area contributed by atoms with Gasteiger partial charge < -0.3 is 24.1 Å². The summed E-state index contributed by atoms with van der Waals surface area (Å²) in [5.74, 6) is -1.99. The smallest absolute Gasteiger partial charge is 0.343 e. The van der Waals surface area contributed by atoms with Crippen molar-refractivity contribution in [3.63, 3.8) is 0 Å². The molecular formula is C24H28O8. The summed E-state index contributed by atoms with van der Waals surface area (Å²) in [5.41, 5.74) is -5.65. The molecule has 6 unspecified atom stereocenters. The van der Waals surface area contributed by atoms with Crippen LogP contribution in [0.25, 0.3) is 0 Å². The molecule has 4 rings (SSSR count). The average Bonchev–Trinajstić information content (AvgIpc) is 2.86. The van der Waals surface area contributed by atoms with E-state index in [1.807, 2.05) is 0 Å². The second-order valence-corrected chi connectivity index (χ2v) is 9.67. The van der Waals surface area contributed by atoms with E-state index < -0.39 is 58.4 Å².